The van der Waals surface area contributed by atoms with Crippen molar-refractivity contribution in [2.45, 2.75) is 43.8 Å². The molecule has 2 unspecified atom stereocenters. The Morgan fingerprint density at radius 1 is 1.33 bits per heavy atom. The van der Waals surface area contributed by atoms with Crippen LogP contribution in [0, 0.1) is 0 Å². The number of halogens is 2. The van der Waals surface area contributed by atoms with E-state index >= 15 is 0 Å². The van der Waals surface area contributed by atoms with Gasteiger partial charge in [0.2, 0.25) is 0 Å². The molecule has 0 aromatic carbocycles. The minimum absolute atomic E-state index is 0. The summed E-state index contributed by atoms with van der Waals surface area (Å²) < 4.78 is 3.21. The maximum atomic E-state index is 4.38. The summed E-state index contributed by atoms with van der Waals surface area (Å²) in [5.74, 6) is 0. The van der Waals surface area contributed by atoms with Crippen LogP contribution in [-0.2, 0) is 0 Å². The van der Waals surface area contributed by atoms with Crippen molar-refractivity contribution in [3.8, 4) is 0 Å². The lowest BCUT2D eigenvalue weighted by molar-refractivity contribution is 0.281. The number of rotatable bonds is 1. The van der Waals surface area contributed by atoms with Gasteiger partial charge < -0.3 is 5.32 Å². The monoisotopic (exact) mass is 291 g/mol. The maximum absolute atomic E-state index is 4.38. The van der Waals surface area contributed by atoms with Crippen molar-refractivity contribution in [3.63, 3.8) is 0 Å². The fraction of sp³-hybridized carbons (Fsp3) is 0.700. The summed E-state index contributed by atoms with van der Waals surface area (Å²) in [4.78, 5) is 0. The predicted octanol–water partition coefficient (Wildman–Crippen LogP) is 2.52. The molecule has 2 aliphatic heterocycles. The zero-order valence-corrected chi connectivity index (χ0v) is 10.8. The first-order valence-electron chi connectivity index (χ1n) is 5.27. The van der Waals surface area contributed by atoms with Gasteiger partial charge in [-0.2, -0.15) is 5.10 Å². The van der Waals surface area contributed by atoms with Crippen LogP contribution in [-0.4, -0.2) is 21.9 Å². The molecule has 15 heavy (non-hydrogen) atoms. The van der Waals surface area contributed by atoms with Crippen LogP contribution in [0.1, 0.15) is 31.7 Å². The van der Waals surface area contributed by atoms with E-state index in [9.17, 15) is 0 Å². The highest BCUT2D eigenvalue weighted by Gasteiger charge is 2.34. The molecule has 2 fully saturated rings. The van der Waals surface area contributed by atoms with Crippen molar-refractivity contribution in [1.82, 2.24) is 15.1 Å². The third-order valence-electron chi connectivity index (χ3n) is 3.39. The molecule has 2 bridgehead atoms. The minimum Gasteiger partial charge on any atom is -0.311 e. The van der Waals surface area contributed by atoms with Gasteiger partial charge >= 0.3 is 0 Å². The lowest BCUT2D eigenvalue weighted by Gasteiger charge is -2.29. The highest BCUT2D eigenvalue weighted by atomic mass is 79.9. The van der Waals surface area contributed by atoms with Gasteiger partial charge in [-0.15, -0.1) is 12.4 Å². The van der Waals surface area contributed by atoms with Crippen molar-refractivity contribution in [1.29, 1.82) is 0 Å². The van der Waals surface area contributed by atoms with E-state index in [0.717, 1.165) is 16.6 Å². The van der Waals surface area contributed by atoms with Crippen LogP contribution in [0.25, 0.3) is 0 Å². The molecule has 3 nitrogen and oxygen atoms in total. The van der Waals surface area contributed by atoms with Crippen LogP contribution in [0.3, 0.4) is 0 Å². The molecule has 0 spiro atoms. The average molecular weight is 293 g/mol. The minimum atomic E-state index is 0. The lowest BCUT2D eigenvalue weighted by atomic mass is 10.0. The van der Waals surface area contributed by atoms with Gasteiger partial charge in [-0.1, -0.05) is 0 Å². The Kier molecular flexibility index (Phi) is 3.38. The quantitative estimate of drug-likeness (QED) is 0.862. The Bertz CT molecular complexity index is 329. The van der Waals surface area contributed by atoms with Crippen molar-refractivity contribution in [2.24, 2.45) is 0 Å². The molecule has 2 atom stereocenters. The smallest absolute Gasteiger partial charge is 0.0632 e. The molecular formula is C10H15BrClN3. The van der Waals surface area contributed by atoms with E-state index < -0.39 is 0 Å². The van der Waals surface area contributed by atoms with Crippen molar-refractivity contribution >= 4 is 28.3 Å². The zero-order valence-electron chi connectivity index (χ0n) is 8.40. The van der Waals surface area contributed by atoms with E-state index in [-0.39, 0.29) is 12.4 Å². The van der Waals surface area contributed by atoms with Gasteiger partial charge in [-0.05, 0) is 41.6 Å². The fourth-order valence-corrected chi connectivity index (χ4v) is 3.06. The number of fused-ring (bicyclic) bond motifs is 2. The lowest BCUT2D eigenvalue weighted by Crippen LogP contribution is -2.38. The van der Waals surface area contributed by atoms with Gasteiger partial charge in [-0.25, -0.2) is 0 Å². The van der Waals surface area contributed by atoms with Crippen molar-refractivity contribution in [3.05, 3.63) is 16.9 Å². The molecule has 0 amide bonds. The first kappa shape index (κ1) is 11.4. The molecule has 1 aromatic rings. The normalized spacial score (nSPS) is 33.8. The summed E-state index contributed by atoms with van der Waals surface area (Å²) in [7, 11) is 0. The highest BCUT2D eigenvalue weighted by Crippen LogP contribution is 2.33. The third kappa shape index (κ3) is 2.22. The van der Waals surface area contributed by atoms with Crippen molar-refractivity contribution in [2.75, 3.05) is 0 Å². The Labute approximate surface area is 104 Å². The van der Waals surface area contributed by atoms with E-state index in [4.69, 9.17) is 0 Å². The van der Waals surface area contributed by atoms with Gasteiger partial charge in [0.05, 0.1) is 16.7 Å². The third-order valence-corrected chi connectivity index (χ3v) is 3.80. The van der Waals surface area contributed by atoms with Gasteiger partial charge in [0, 0.05) is 18.3 Å². The summed E-state index contributed by atoms with van der Waals surface area (Å²) in [6.07, 6.45) is 9.15. The van der Waals surface area contributed by atoms with Gasteiger partial charge in [0.25, 0.3) is 0 Å². The molecular weight excluding hydrogens is 277 g/mol. The van der Waals surface area contributed by atoms with Crippen LogP contribution in [0.4, 0.5) is 0 Å². The molecule has 2 saturated heterocycles. The Morgan fingerprint density at radius 2 is 2.00 bits per heavy atom. The van der Waals surface area contributed by atoms with Crippen LogP contribution in [0.2, 0.25) is 0 Å². The first-order valence-corrected chi connectivity index (χ1v) is 6.06. The van der Waals surface area contributed by atoms with Gasteiger partial charge in [0.15, 0.2) is 0 Å². The molecule has 0 saturated carbocycles. The fourth-order valence-electron chi connectivity index (χ4n) is 2.76. The average Bonchev–Trinajstić information content (AvgIpc) is 2.73. The van der Waals surface area contributed by atoms with E-state index in [1.54, 1.807) is 0 Å². The summed E-state index contributed by atoms with van der Waals surface area (Å²) in [5.41, 5.74) is 0. The maximum Gasteiger partial charge on any atom is 0.0632 e. The zero-order chi connectivity index (χ0) is 9.54. The second-order valence-corrected chi connectivity index (χ2v) is 5.32. The molecule has 5 heteroatoms. The van der Waals surface area contributed by atoms with Crippen LogP contribution in [0.5, 0.6) is 0 Å². The molecule has 1 aromatic heterocycles. The Morgan fingerprint density at radius 3 is 2.53 bits per heavy atom. The second-order valence-electron chi connectivity index (χ2n) is 4.40. The number of hydrogen-bond donors (Lipinski definition) is 1. The molecule has 84 valence electrons. The van der Waals surface area contributed by atoms with Crippen LogP contribution in [0.15, 0.2) is 16.9 Å². The summed E-state index contributed by atoms with van der Waals surface area (Å²) in [6, 6.07) is 2.09. The molecule has 3 rings (SSSR count). The molecule has 3 heterocycles. The molecule has 1 N–H and O–H groups in total. The number of hydrogen-bond acceptors (Lipinski definition) is 2. The SMILES string of the molecule is Brc1cnn(C2CC3CCC(C2)N3)c1.Cl. The highest BCUT2D eigenvalue weighted by molar-refractivity contribution is 9.10. The molecule has 2 aliphatic rings. The predicted molar refractivity (Wildman–Crippen MR) is 65.4 cm³/mol. The van der Waals surface area contributed by atoms with Gasteiger partial charge in [0.1, 0.15) is 0 Å². The first-order chi connectivity index (χ1) is 6.81. The van der Waals surface area contributed by atoms with E-state index in [1.165, 1.54) is 25.7 Å². The Balaban J connectivity index is 0.000000853. The largest absolute Gasteiger partial charge is 0.311 e. The summed E-state index contributed by atoms with van der Waals surface area (Å²) in [6.45, 7) is 0. The van der Waals surface area contributed by atoms with Gasteiger partial charge in [-0.3, -0.25) is 4.68 Å². The number of nitrogens with zero attached hydrogens (tertiary/aromatic N) is 2. The molecule has 0 radical (unpaired) electrons. The standard InChI is InChI=1S/C10H14BrN3.ClH/c11-7-5-12-14(6-7)10-3-8-1-2-9(4-10)13-8;/h5-6,8-10,13H,1-4H2;1H. The van der Waals surface area contributed by atoms with Crippen LogP contribution >= 0.6 is 28.3 Å². The van der Waals surface area contributed by atoms with E-state index in [2.05, 4.69) is 37.2 Å². The Hall–Kier alpha value is -0.0600. The summed E-state index contributed by atoms with van der Waals surface area (Å²) >= 11 is 3.45. The van der Waals surface area contributed by atoms with E-state index in [0.29, 0.717) is 6.04 Å². The number of piperidine rings is 1. The number of aromatic nitrogens is 2. The van der Waals surface area contributed by atoms with Crippen molar-refractivity contribution < 1.29 is 0 Å². The second kappa shape index (κ2) is 4.44. The topological polar surface area (TPSA) is 29.9 Å². The summed E-state index contributed by atoms with van der Waals surface area (Å²) in [5, 5.41) is 8.02. The molecule has 0 aliphatic carbocycles. The van der Waals surface area contributed by atoms with Crippen LogP contribution < -0.4 is 5.32 Å². The number of nitrogens with one attached hydrogen (secondary N) is 1. The van der Waals surface area contributed by atoms with E-state index in [1.807, 2.05) is 6.20 Å².